The smallest absolute Gasteiger partial charge is 0.322 e. The van der Waals surface area contributed by atoms with Gasteiger partial charge >= 0.3 is 6.01 Å². The minimum Gasteiger partial charge on any atom is -0.403 e. The lowest BCUT2D eigenvalue weighted by Crippen LogP contribution is -2.11. The van der Waals surface area contributed by atoms with E-state index < -0.39 is 0 Å². The number of hydrogen-bond acceptors (Lipinski definition) is 7. The molecule has 0 bridgehead atoms. The average Bonchev–Trinajstić information content (AvgIpc) is 3.39. The zero-order chi connectivity index (χ0) is 22.1. The van der Waals surface area contributed by atoms with E-state index >= 15 is 0 Å². The third kappa shape index (κ3) is 3.67. The van der Waals surface area contributed by atoms with E-state index in [9.17, 15) is 4.79 Å². The SMILES string of the molecule is Cc1cc(C)n2nc(Nc3ccccc3)c(-c3nnc(NC(=O)c4ccccc4)o3)c2n1. The summed E-state index contributed by atoms with van der Waals surface area (Å²) in [6.07, 6.45) is 0. The van der Waals surface area contributed by atoms with E-state index in [-0.39, 0.29) is 17.8 Å². The summed E-state index contributed by atoms with van der Waals surface area (Å²) in [5.74, 6) is 0.370. The van der Waals surface area contributed by atoms with Gasteiger partial charge in [0.25, 0.3) is 11.8 Å². The molecule has 1 amide bonds. The first-order valence-corrected chi connectivity index (χ1v) is 9.98. The topological polar surface area (TPSA) is 110 Å². The van der Waals surface area contributed by atoms with Crippen LogP contribution in [-0.4, -0.2) is 30.7 Å². The van der Waals surface area contributed by atoms with Crippen LogP contribution in [0.15, 0.2) is 71.1 Å². The second kappa shape index (κ2) is 7.95. The van der Waals surface area contributed by atoms with Crippen LogP contribution in [0, 0.1) is 13.8 Å². The van der Waals surface area contributed by atoms with E-state index in [0.717, 1.165) is 17.1 Å². The summed E-state index contributed by atoms with van der Waals surface area (Å²) in [7, 11) is 0. The fourth-order valence-corrected chi connectivity index (χ4v) is 3.40. The summed E-state index contributed by atoms with van der Waals surface area (Å²) >= 11 is 0. The zero-order valence-electron chi connectivity index (χ0n) is 17.4. The Labute approximate surface area is 183 Å². The van der Waals surface area contributed by atoms with Gasteiger partial charge in [-0.3, -0.25) is 10.1 Å². The Morgan fingerprint density at radius 3 is 2.44 bits per heavy atom. The number of carbonyl (C=O) groups is 1. The molecule has 0 aliphatic carbocycles. The molecular formula is C23H19N7O2. The molecular weight excluding hydrogens is 406 g/mol. The highest BCUT2D eigenvalue weighted by Gasteiger charge is 2.23. The van der Waals surface area contributed by atoms with Crippen molar-refractivity contribution in [1.82, 2.24) is 24.8 Å². The maximum Gasteiger partial charge on any atom is 0.322 e. The third-order valence-corrected chi connectivity index (χ3v) is 4.83. The Hall–Kier alpha value is -4.53. The fourth-order valence-electron chi connectivity index (χ4n) is 3.40. The first-order chi connectivity index (χ1) is 15.6. The number of nitrogens with zero attached hydrogens (tertiary/aromatic N) is 5. The van der Waals surface area contributed by atoms with E-state index in [0.29, 0.717) is 22.6 Å². The maximum absolute atomic E-state index is 12.4. The molecule has 0 saturated heterocycles. The van der Waals surface area contributed by atoms with Crippen LogP contribution in [0.1, 0.15) is 21.7 Å². The molecule has 0 radical (unpaired) electrons. The summed E-state index contributed by atoms with van der Waals surface area (Å²) in [6.45, 7) is 3.86. The van der Waals surface area contributed by atoms with Crippen LogP contribution in [0.5, 0.6) is 0 Å². The normalized spacial score (nSPS) is 10.9. The van der Waals surface area contributed by atoms with E-state index in [1.54, 1.807) is 28.8 Å². The number of aromatic nitrogens is 5. The van der Waals surface area contributed by atoms with E-state index in [1.165, 1.54) is 0 Å². The van der Waals surface area contributed by atoms with Crippen LogP contribution in [0.2, 0.25) is 0 Å². The number of aryl methyl sites for hydroxylation is 2. The number of nitrogens with one attached hydrogen (secondary N) is 2. The molecule has 3 aromatic heterocycles. The quantitative estimate of drug-likeness (QED) is 0.430. The Bertz CT molecular complexity index is 1410. The molecule has 32 heavy (non-hydrogen) atoms. The number of benzene rings is 2. The maximum atomic E-state index is 12.4. The van der Waals surface area contributed by atoms with E-state index in [1.807, 2.05) is 56.3 Å². The predicted octanol–water partition coefficient (Wildman–Crippen LogP) is 4.39. The van der Waals surface area contributed by atoms with Crippen molar-refractivity contribution in [3.05, 3.63) is 83.7 Å². The molecule has 0 aliphatic heterocycles. The largest absolute Gasteiger partial charge is 0.403 e. The van der Waals surface area contributed by atoms with Crippen LogP contribution in [-0.2, 0) is 0 Å². The number of rotatable bonds is 5. The lowest BCUT2D eigenvalue weighted by Gasteiger charge is -2.03. The molecule has 2 aromatic carbocycles. The number of carbonyl (C=O) groups excluding carboxylic acids is 1. The molecule has 0 aliphatic rings. The number of para-hydroxylation sites is 1. The highest BCUT2D eigenvalue weighted by molar-refractivity contribution is 6.03. The Morgan fingerprint density at radius 1 is 0.969 bits per heavy atom. The van der Waals surface area contributed by atoms with E-state index in [2.05, 4.69) is 30.9 Å². The average molecular weight is 425 g/mol. The number of amides is 1. The summed E-state index contributed by atoms with van der Waals surface area (Å²) in [5, 5.41) is 18.7. The van der Waals surface area contributed by atoms with Gasteiger partial charge in [-0.1, -0.05) is 41.5 Å². The molecule has 9 heteroatoms. The third-order valence-electron chi connectivity index (χ3n) is 4.83. The van der Waals surface area contributed by atoms with Crippen molar-refractivity contribution in [2.45, 2.75) is 13.8 Å². The van der Waals surface area contributed by atoms with Crippen LogP contribution < -0.4 is 10.6 Å². The molecule has 158 valence electrons. The van der Waals surface area contributed by atoms with Crippen LogP contribution in [0.25, 0.3) is 17.1 Å². The minimum atomic E-state index is -0.340. The van der Waals surface area contributed by atoms with Gasteiger partial charge in [0.05, 0.1) is 0 Å². The van der Waals surface area contributed by atoms with Gasteiger partial charge in [0.2, 0.25) is 0 Å². The molecule has 0 fully saturated rings. The molecule has 5 rings (SSSR count). The Kier molecular flexibility index (Phi) is 4.83. The fraction of sp³-hybridized carbons (Fsp3) is 0.0870. The number of anilines is 3. The number of fused-ring (bicyclic) bond motifs is 1. The second-order valence-corrected chi connectivity index (χ2v) is 7.22. The number of hydrogen-bond donors (Lipinski definition) is 2. The molecule has 0 saturated carbocycles. The first kappa shape index (κ1) is 19.4. The second-order valence-electron chi connectivity index (χ2n) is 7.22. The zero-order valence-corrected chi connectivity index (χ0v) is 17.4. The summed E-state index contributed by atoms with van der Waals surface area (Å²) in [6, 6.07) is 20.4. The monoisotopic (exact) mass is 425 g/mol. The van der Waals surface area contributed by atoms with Gasteiger partial charge < -0.3 is 9.73 Å². The van der Waals surface area contributed by atoms with Gasteiger partial charge in [0, 0.05) is 22.6 Å². The molecule has 0 unspecified atom stereocenters. The van der Waals surface area contributed by atoms with Crippen LogP contribution >= 0.6 is 0 Å². The van der Waals surface area contributed by atoms with Crippen molar-refractivity contribution >= 4 is 29.1 Å². The minimum absolute atomic E-state index is 0.0109. The Balaban J connectivity index is 1.56. The van der Waals surface area contributed by atoms with Crippen molar-refractivity contribution in [2.75, 3.05) is 10.6 Å². The van der Waals surface area contributed by atoms with Gasteiger partial charge in [0.15, 0.2) is 11.5 Å². The molecule has 5 aromatic rings. The van der Waals surface area contributed by atoms with Crippen molar-refractivity contribution in [3.63, 3.8) is 0 Å². The van der Waals surface area contributed by atoms with Gasteiger partial charge in [-0.15, -0.1) is 10.2 Å². The van der Waals surface area contributed by atoms with Gasteiger partial charge in [-0.2, -0.15) is 0 Å². The first-order valence-electron chi connectivity index (χ1n) is 9.98. The van der Waals surface area contributed by atoms with Crippen LogP contribution in [0.4, 0.5) is 17.5 Å². The summed E-state index contributed by atoms with van der Waals surface area (Å²) in [4.78, 5) is 17.1. The van der Waals surface area contributed by atoms with Gasteiger partial charge in [0.1, 0.15) is 5.56 Å². The molecule has 3 heterocycles. The standard InChI is InChI=1S/C23H19N7O2/c1-14-13-15(2)30-20(24-14)18(19(29-30)25-17-11-7-4-8-12-17)22-27-28-23(32-22)26-21(31)16-9-5-3-6-10-16/h3-13H,1-2H3,(H,25,29)(H,26,28,31). The van der Waals surface area contributed by atoms with Crippen molar-refractivity contribution in [2.24, 2.45) is 0 Å². The van der Waals surface area contributed by atoms with Crippen LogP contribution in [0.3, 0.4) is 0 Å². The van der Waals surface area contributed by atoms with Gasteiger partial charge in [-0.05, 0) is 44.2 Å². The lowest BCUT2D eigenvalue weighted by atomic mass is 10.2. The highest BCUT2D eigenvalue weighted by atomic mass is 16.4. The molecule has 0 spiro atoms. The predicted molar refractivity (Wildman–Crippen MR) is 120 cm³/mol. The summed E-state index contributed by atoms with van der Waals surface area (Å²) < 4.78 is 7.52. The molecule has 2 N–H and O–H groups in total. The highest BCUT2D eigenvalue weighted by Crippen LogP contribution is 2.33. The van der Waals surface area contributed by atoms with Crippen molar-refractivity contribution in [3.8, 4) is 11.5 Å². The van der Waals surface area contributed by atoms with Crippen molar-refractivity contribution < 1.29 is 9.21 Å². The van der Waals surface area contributed by atoms with Crippen molar-refractivity contribution in [1.29, 1.82) is 0 Å². The molecule has 9 nitrogen and oxygen atoms in total. The lowest BCUT2D eigenvalue weighted by molar-refractivity contribution is 0.102. The summed E-state index contributed by atoms with van der Waals surface area (Å²) in [5.41, 5.74) is 4.21. The Morgan fingerprint density at radius 2 is 1.69 bits per heavy atom. The molecule has 0 atom stereocenters. The van der Waals surface area contributed by atoms with Gasteiger partial charge in [-0.25, -0.2) is 9.50 Å². The van der Waals surface area contributed by atoms with E-state index in [4.69, 9.17) is 4.42 Å².